The molecule has 2 aromatic heterocycles. The molecule has 2 aromatic rings. The summed E-state index contributed by atoms with van der Waals surface area (Å²) in [5.74, 6) is 5.99. The zero-order valence-electron chi connectivity index (χ0n) is 12.4. The molecule has 0 radical (unpaired) electrons. The van der Waals surface area contributed by atoms with E-state index in [1.165, 1.54) is 0 Å². The molecule has 3 N–H and O–H groups in total. The molecule has 0 aliphatic heterocycles. The van der Waals surface area contributed by atoms with Gasteiger partial charge in [-0.25, -0.2) is 10.8 Å². The first-order valence-corrected chi connectivity index (χ1v) is 6.69. The summed E-state index contributed by atoms with van der Waals surface area (Å²) in [6, 6.07) is 7.01. The van der Waals surface area contributed by atoms with Gasteiger partial charge in [-0.15, -0.1) is 0 Å². The Morgan fingerprint density at radius 2 is 1.95 bits per heavy atom. The van der Waals surface area contributed by atoms with Crippen LogP contribution < -0.4 is 16.2 Å². The Labute approximate surface area is 124 Å². The molecular weight excluding hydrogens is 266 g/mol. The molecule has 0 fully saturated rings. The van der Waals surface area contributed by atoms with Crippen LogP contribution in [0.2, 0.25) is 0 Å². The number of carbonyl (C=O) groups is 1. The number of hydrogen-bond donors (Lipinski definition) is 2. The third-order valence-corrected chi connectivity index (χ3v) is 3.19. The van der Waals surface area contributed by atoms with Crippen LogP contribution in [0, 0.1) is 0 Å². The minimum Gasteiger partial charge on any atom is -0.311 e. The van der Waals surface area contributed by atoms with Gasteiger partial charge in [0.25, 0.3) is 5.91 Å². The molecule has 0 aromatic carbocycles. The highest BCUT2D eigenvalue weighted by molar-refractivity contribution is 6.06. The highest BCUT2D eigenvalue weighted by atomic mass is 16.2. The van der Waals surface area contributed by atoms with E-state index >= 15 is 0 Å². The van der Waals surface area contributed by atoms with Crippen molar-refractivity contribution in [2.45, 2.75) is 19.8 Å². The van der Waals surface area contributed by atoms with Gasteiger partial charge in [-0.05, 0) is 30.2 Å². The molecule has 0 spiro atoms. The molecule has 110 valence electrons. The van der Waals surface area contributed by atoms with Gasteiger partial charge < -0.3 is 10.3 Å². The second-order valence-electron chi connectivity index (χ2n) is 5.03. The summed E-state index contributed by atoms with van der Waals surface area (Å²) < 4.78 is 0. The summed E-state index contributed by atoms with van der Waals surface area (Å²) >= 11 is 0. The van der Waals surface area contributed by atoms with E-state index in [-0.39, 0.29) is 11.8 Å². The first-order valence-electron chi connectivity index (χ1n) is 6.69. The molecule has 6 heteroatoms. The van der Waals surface area contributed by atoms with Gasteiger partial charge in [-0.1, -0.05) is 13.8 Å². The Hall–Kier alpha value is -2.47. The van der Waals surface area contributed by atoms with E-state index in [1.807, 2.05) is 13.8 Å². The van der Waals surface area contributed by atoms with Gasteiger partial charge in [0.1, 0.15) is 5.82 Å². The lowest BCUT2D eigenvalue weighted by atomic mass is 10.1. The predicted octanol–water partition coefficient (Wildman–Crippen LogP) is 2.16. The van der Waals surface area contributed by atoms with Crippen LogP contribution in [0.1, 0.15) is 35.8 Å². The maximum absolute atomic E-state index is 12.6. The van der Waals surface area contributed by atoms with Crippen molar-refractivity contribution in [2.75, 3.05) is 17.4 Å². The van der Waals surface area contributed by atoms with Gasteiger partial charge in [0, 0.05) is 36.4 Å². The Balaban J connectivity index is 2.36. The third kappa shape index (κ3) is 3.35. The molecule has 2 rings (SSSR count). The van der Waals surface area contributed by atoms with Crippen molar-refractivity contribution in [3.05, 3.63) is 47.9 Å². The number of hydrogen-bond acceptors (Lipinski definition) is 5. The average Bonchev–Trinajstić information content (AvgIpc) is 2.53. The van der Waals surface area contributed by atoms with E-state index in [0.29, 0.717) is 11.4 Å². The van der Waals surface area contributed by atoms with Crippen LogP contribution in [0.5, 0.6) is 0 Å². The Kier molecular flexibility index (Phi) is 4.49. The molecule has 1 amide bonds. The van der Waals surface area contributed by atoms with E-state index in [1.54, 1.807) is 48.6 Å². The maximum Gasteiger partial charge on any atom is 0.258 e. The van der Waals surface area contributed by atoms with E-state index < -0.39 is 0 Å². The fourth-order valence-corrected chi connectivity index (χ4v) is 1.92. The van der Waals surface area contributed by atoms with Gasteiger partial charge in [0.05, 0.1) is 0 Å². The van der Waals surface area contributed by atoms with Crippen molar-refractivity contribution >= 4 is 17.4 Å². The molecule has 0 unspecified atom stereocenters. The maximum atomic E-state index is 12.6. The van der Waals surface area contributed by atoms with Crippen LogP contribution in [-0.4, -0.2) is 22.9 Å². The van der Waals surface area contributed by atoms with Crippen molar-refractivity contribution in [2.24, 2.45) is 5.84 Å². The second-order valence-corrected chi connectivity index (χ2v) is 5.03. The topological polar surface area (TPSA) is 84.1 Å². The lowest BCUT2D eigenvalue weighted by Gasteiger charge is -2.18. The number of pyridine rings is 2. The third-order valence-electron chi connectivity index (χ3n) is 3.19. The van der Waals surface area contributed by atoms with E-state index in [9.17, 15) is 4.79 Å². The summed E-state index contributed by atoms with van der Waals surface area (Å²) in [5.41, 5.74) is 4.64. The molecule has 6 nitrogen and oxygen atoms in total. The largest absolute Gasteiger partial charge is 0.311 e. The monoisotopic (exact) mass is 285 g/mol. The summed E-state index contributed by atoms with van der Waals surface area (Å²) in [4.78, 5) is 22.5. The molecule has 0 saturated heterocycles. The van der Waals surface area contributed by atoms with Gasteiger partial charge in [0.15, 0.2) is 0 Å². The molecule has 0 bridgehead atoms. The smallest absolute Gasteiger partial charge is 0.258 e. The number of aromatic nitrogens is 2. The van der Waals surface area contributed by atoms with Crippen LogP contribution >= 0.6 is 0 Å². The van der Waals surface area contributed by atoms with Gasteiger partial charge in [-0.2, -0.15) is 0 Å². The standard InChI is InChI=1S/C15H19N5O/c1-10(2)13-8-11(9-14(18-13)19-16)15(21)20(3)12-4-6-17-7-5-12/h4-10H,16H2,1-3H3,(H,18,19). The van der Waals surface area contributed by atoms with Gasteiger partial charge in [-0.3, -0.25) is 9.78 Å². The zero-order chi connectivity index (χ0) is 15.4. The number of hydrazine groups is 1. The molecule has 0 aliphatic rings. The summed E-state index contributed by atoms with van der Waals surface area (Å²) in [6.45, 7) is 4.03. The first kappa shape index (κ1) is 14.9. The molecular formula is C15H19N5O. The molecule has 21 heavy (non-hydrogen) atoms. The van der Waals surface area contributed by atoms with Crippen molar-refractivity contribution in [1.82, 2.24) is 9.97 Å². The SMILES string of the molecule is CC(C)c1cc(C(=O)N(C)c2ccncc2)cc(NN)n1. The lowest BCUT2D eigenvalue weighted by molar-refractivity contribution is 0.0993. The normalized spacial score (nSPS) is 10.5. The predicted molar refractivity (Wildman–Crippen MR) is 83.1 cm³/mol. The molecule has 0 atom stereocenters. The first-order chi connectivity index (χ1) is 10.0. The fraction of sp³-hybridized carbons (Fsp3) is 0.267. The Morgan fingerprint density at radius 1 is 1.29 bits per heavy atom. The second kappa shape index (κ2) is 6.32. The summed E-state index contributed by atoms with van der Waals surface area (Å²) in [7, 11) is 1.72. The lowest BCUT2D eigenvalue weighted by Crippen LogP contribution is -2.26. The minimum absolute atomic E-state index is 0.123. The number of nitrogens with one attached hydrogen (secondary N) is 1. The van der Waals surface area contributed by atoms with E-state index in [0.717, 1.165) is 11.4 Å². The van der Waals surface area contributed by atoms with Crippen LogP contribution in [0.4, 0.5) is 11.5 Å². The van der Waals surface area contributed by atoms with E-state index in [4.69, 9.17) is 5.84 Å². The van der Waals surface area contributed by atoms with Crippen LogP contribution in [0.15, 0.2) is 36.7 Å². The van der Waals surface area contributed by atoms with Crippen LogP contribution in [0.3, 0.4) is 0 Å². The van der Waals surface area contributed by atoms with Crippen molar-refractivity contribution in [3.8, 4) is 0 Å². The molecule has 0 saturated carbocycles. The number of anilines is 2. The summed E-state index contributed by atoms with van der Waals surface area (Å²) in [6.07, 6.45) is 3.30. The highest BCUT2D eigenvalue weighted by Crippen LogP contribution is 2.20. The quantitative estimate of drug-likeness (QED) is 0.664. The van der Waals surface area contributed by atoms with E-state index in [2.05, 4.69) is 15.4 Å². The van der Waals surface area contributed by atoms with Crippen molar-refractivity contribution in [1.29, 1.82) is 0 Å². The zero-order valence-corrected chi connectivity index (χ0v) is 12.4. The summed E-state index contributed by atoms with van der Waals surface area (Å²) in [5, 5.41) is 0. The van der Waals surface area contributed by atoms with Crippen molar-refractivity contribution < 1.29 is 4.79 Å². The van der Waals surface area contributed by atoms with Crippen molar-refractivity contribution in [3.63, 3.8) is 0 Å². The van der Waals surface area contributed by atoms with Crippen LogP contribution in [0.25, 0.3) is 0 Å². The average molecular weight is 285 g/mol. The number of amides is 1. The molecule has 0 aliphatic carbocycles. The number of nitrogen functional groups attached to an aromatic ring is 1. The number of nitrogens with zero attached hydrogens (tertiary/aromatic N) is 3. The van der Waals surface area contributed by atoms with Crippen LogP contribution in [-0.2, 0) is 0 Å². The fourth-order valence-electron chi connectivity index (χ4n) is 1.92. The number of nitrogens with two attached hydrogens (primary N) is 1. The minimum atomic E-state index is -0.123. The van der Waals surface area contributed by atoms with Gasteiger partial charge in [0.2, 0.25) is 0 Å². The molecule has 2 heterocycles. The Morgan fingerprint density at radius 3 is 2.52 bits per heavy atom. The highest BCUT2D eigenvalue weighted by Gasteiger charge is 2.16. The number of carbonyl (C=O) groups excluding carboxylic acids is 1. The Bertz CT molecular complexity index is 627. The number of rotatable bonds is 4. The van der Waals surface area contributed by atoms with Gasteiger partial charge >= 0.3 is 0 Å².